The van der Waals surface area contributed by atoms with E-state index in [0.717, 1.165) is 5.56 Å². The molecule has 0 radical (unpaired) electrons. The van der Waals surface area contributed by atoms with Crippen LogP contribution in [0.3, 0.4) is 0 Å². The third-order valence-electron chi connectivity index (χ3n) is 4.34. The molecule has 0 saturated carbocycles. The number of benzene rings is 2. The van der Waals surface area contributed by atoms with Gasteiger partial charge in [-0.05, 0) is 36.2 Å². The first kappa shape index (κ1) is 17.6. The Morgan fingerprint density at radius 2 is 1.92 bits per heavy atom. The predicted molar refractivity (Wildman–Crippen MR) is 95.7 cm³/mol. The summed E-state index contributed by atoms with van der Waals surface area (Å²) in [6, 6.07) is 11.2. The maximum absolute atomic E-state index is 12.5. The van der Waals surface area contributed by atoms with Crippen LogP contribution in [0.15, 0.2) is 42.5 Å². The number of ether oxygens (including phenoxy) is 1. The van der Waals surface area contributed by atoms with Gasteiger partial charge in [0.25, 0.3) is 11.6 Å². The van der Waals surface area contributed by atoms with Crippen LogP contribution in [0.25, 0.3) is 0 Å². The van der Waals surface area contributed by atoms with Gasteiger partial charge in [0.15, 0.2) is 12.4 Å². The van der Waals surface area contributed by atoms with Gasteiger partial charge >= 0.3 is 0 Å². The second-order valence-electron chi connectivity index (χ2n) is 5.96. The average molecular weight is 354 g/mol. The van der Waals surface area contributed by atoms with Crippen molar-refractivity contribution in [2.75, 3.05) is 18.1 Å². The molecule has 7 heteroatoms. The summed E-state index contributed by atoms with van der Waals surface area (Å²) in [4.78, 5) is 36.0. The summed E-state index contributed by atoms with van der Waals surface area (Å²) in [5.74, 6) is 0.269. The number of nitrogens with zero attached hydrogens (tertiary/aromatic N) is 2. The van der Waals surface area contributed by atoms with Crippen LogP contribution in [0, 0.1) is 10.1 Å². The number of nitro groups is 1. The second-order valence-corrected chi connectivity index (χ2v) is 5.96. The standard InChI is InChI=1S/C19H18N2O5/c1-2-18(22)14-4-7-16(8-5-14)26-12-19(23)20-10-9-13-3-6-15(21(24)25)11-17(13)20/h3-8,11H,2,9-10,12H2,1H3. The quantitative estimate of drug-likeness (QED) is 0.451. The number of Topliss-reactive ketones (excluding diaryl/α,β-unsaturated/α-hetero) is 1. The first-order valence-electron chi connectivity index (χ1n) is 8.33. The van der Waals surface area contributed by atoms with Gasteiger partial charge in [-0.1, -0.05) is 13.0 Å². The number of anilines is 1. The van der Waals surface area contributed by atoms with Gasteiger partial charge in [-0.3, -0.25) is 19.7 Å². The molecule has 26 heavy (non-hydrogen) atoms. The summed E-state index contributed by atoms with van der Waals surface area (Å²) in [7, 11) is 0. The van der Waals surface area contributed by atoms with E-state index in [1.54, 1.807) is 37.3 Å². The molecule has 0 saturated heterocycles. The lowest BCUT2D eigenvalue weighted by molar-refractivity contribution is -0.384. The summed E-state index contributed by atoms with van der Waals surface area (Å²) < 4.78 is 5.50. The van der Waals surface area contributed by atoms with Gasteiger partial charge in [0, 0.05) is 30.7 Å². The van der Waals surface area contributed by atoms with Crippen molar-refractivity contribution in [1.82, 2.24) is 0 Å². The van der Waals surface area contributed by atoms with Crippen LogP contribution in [-0.2, 0) is 11.2 Å². The van der Waals surface area contributed by atoms with E-state index in [1.165, 1.54) is 17.0 Å². The largest absolute Gasteiger partial charge is 0.484 e. The van der Waals surface area contributed by atoms with Crippen LogP contribution >= 0.6 is 0 Å². The number of nitro benzene ring substituents is 1. The van der Waals surface area contributed by atoms with E-state index in [0.29, 0.717) is 36.4 Å². The Kier molecular flexibility index (Phi) is 4.97. The van der Waals surface area contributed by atoms with Crippen molar-refractivity contribution >= 4 is 23.1 Å². The number of hydrogen-bond donors (Lipinski definition) is 0. The second kappa shape index (κ2) is 7.35. The predicted octanol–water partition coefficient (Wildman–Crippen LogP) is 3.16. The number of carbonyl (C=O) groups excluding carboxylic acids is 2. The molecule has 0 N–H and O–H groups in total. The minimum Gasteiger partial charge on any atom is -0.484 e. The average Bonchev–Trinajstić information content (AvgIpc) is 3.09. The highest BCUT2D eigenvalue weighted by atomic mass is 16.6. The number of non-ortho nitro benzene ring substituents is 1. The Labute approximate surface area is 150 Å². The summed E-state index contributed by atoms with van der Waals surface area (Å²) in [5.41, 5.74) is 2.04. The molecule has 1 amide bonds. The Morgan fingerprint density at radius 1 is 1.19 bits per heavy atom. The normalized spacial score (nSPS) is 12.6. The van der Waals surface area contributed by atoms with E-state index in [9.17, 15) is 19.7 Å². The van der Waals surface area contributed by atoms with Gasteiger partial charge in [-0.15, -0.1) is 0 Å². The zero-order valence-electron chi connectivity index (χ0n) is 14.3. The van der Waals surface area contributed by atoms with E-state index in [1.807, 2.05) is 0 Å². The van der Waals surface area contributed by atoms with Gasteiger partial charge in [0.1, 0.15) is 5.75 Å². The lowest BCUT2D eigenvalue weighted by Crippen LogP contribution is -2.33. The molecule has 0 bridgehead atoms. The molecule has 1 aliphatic rings. The molecule has 134 valence electrons. The van der Waals surface area contributed by atoms with Crippen molar-refractivity contribution in [2.45, 2.75) is 19.8 Å². The number of ketones is 1. The van der Waals surface area contributed by atoms with E-state index in [-0.39, 0.29) is 24.0 Å². The van der Waals surface area contributed by atoms with Gasteiger partial charge < -0.3 is 9.64 Å². The topological polar surface area (TPSA) is 89.8 Å². The molecule has 0 atom stereocenters. The van der Waals surface area contributed by atoms with Gasteiger partial charge in [-0.25, -0.2) is 0 Å². The highest BCUT2D eigenvalue weighted by molar-refractivity contribution is 5.97. The van der Waals surface area contributed by atoms with Crippen LogP contribution in [0.5, 0.6) is 5.75 Å². The van der Waals surface area contributed by atoms with E-state index in [2.05, 4.69) is 0 Å². The fourth-order valence-electron chi connectivity index (χ4n) is 2.90. The molecule has 1 heterocycles. The fourth-order valence-corrected chi connectivity index (χ4v) is 2.90. The van der Waals surface area contributed by atoms with Gasteiger partial charge in [-0.2, -0.15) is 0 Å². The van der Waals surface area contributed by atoms with E-state index < -0.39 is 4.92 Å². The third kappa shape index (κ3) is 3.56. The molecule has 1 aliphatic heterocycles. The smallest absolute Gasteiger partial charge is 0.271 e. The molecule has 7 nitrogen and oxygen atoms in total. The monoisotopic (exact) mass is 354 g/mol. The minimum atomic E-state index is -0.475. The highest BCUT2D eigenvalue weighted by Gasteiger charge is 2.26. The molecule has 2 aromatic carbocycles. The van der Waals surface area contributed by atoms with Crippen molar-refractivity contribution < 1.29 is 19.2 Å². The Morgan fingerprint density at radius 3 is 2.58 bits per heavy atom. The van der Waals surface area contributed by atoms with Gasteiger partial charge in [0.05, 0.1) is 10.6 Å². The van der Waals surface area contributed by atoms with E-state index >= 15 is 0 Å². The van der Waals surface area contributed by atoms with Crippen molar-refractivity contribution in [3.63, 3.8) is 0 Å². The van der Waals surface area contributed by atoms with Crippen LogP contribution in [0.4, 0.5) is 11.4 Å². The molecular weight excluding hydrogens is 336 g/mol. The summed E-state index contributed by atoms with van der Waals surface area (Å²) in [5, 5.41) is 10.9. The Hall–Kier alpha value is -3.22. The molecule has 0 aliphatic carbocycles. The molecule has 2 aromatic rings. The van der Waals surface area contributed by atoms with E-state index in [4.69, 9.17) is 4.74 Å². The first-order chi connectivity index (χ1) is 12.5. The summed E-state index contributed by atoms with van der Waals surface area (Å²) in [6.45, 7) is 2.09. The molecule has 0 unspecified atom stereocenters. The summed E-state index contributed by atoms with van der Waals surface area (Å²) in [6.07, 6.45) is 1.09. The lowest BCUT2D eigenvalue weighted by atomic mass is 10.1. The number of hydrogen-bond acceptors (Lipinski definition) is 5. The first-order valence-corrected chi connectivity index (χ1v) is 8.33. The minimum absolute atomic E-state index is 0.0412. The zero-order chi connectivity index (χ0) is 18.7. The highest BCUT2D eigenvalue weighted by Crippen LogP contribution is 2.31. The molecule has 0 spiro atoms. The van der Waals surface area contributed by atoms with Crippen LogP contribution in [-0.4, -0.2) is 29.8 Å². The molecule has 0 fully saturated rings. The van der Waals surface area contributed by atoms with Crippen molar-refractivity contribution in [3.8, 4) is 5.75 Å². The fraction of sp³-hybridized carbons (Fsp3) is 0.263. The number of carbonyl (C=O) groups is 2. The number of amides is 1. The molecule has 3 rings (SSSR count). The summed E-state index contributed by atoms with van der Waals surface area (Å²) >= 11 is 0. The third-order valence-corrected chi connectivity index (χ3v) is 4.34. The maximum Gasteiger partial charge on any atom is 0.271 e. The Balaban J connectivity index is 1.66. The SMILES string of the molecule is CCC(=O)c1ccc(OCC(=O)N2CCc3ccc([N+](=O)[O-])cc32)cc1. The maximum atomic E-state index is 12.5. The van der Waals surface area contributed by atoms with Gasteiger partial charge in [0.2, 0.25) is 0 Å². The lowest BCUT2D eigenvalue weighted by Gasteiger charge is -2.17. The van der Waals surface area contributed by atoms with Crippen LogP contribution in [0.2, 0.25) is 0 Å². The number of rotatable bonds is 6. The molecule has 0 aromatic heterocycles. The van der Waals surface area contributed by atoms with Crippen molar-refractivity contribution in [3.05, 3.63) is 63.7 Å². The van der Waals surface area contributed by atoms with Crippen LogP contribution < -0.4 is 9.64 Å². The zero-order valence-corrected chi connectivity index (χ0v) is 14.3. The van der Waals surface area contributed by atoms with Crippen LogP contribution in [0.1, 0.15) is 29.3 Å². The van der Waals surface area contributed by atoms with Crippen molar-refractivity contribution in [2.24, 2.45) is 0 Å². The number of fused-ring (bicyclic) bond motifs is 1. The Bertz CT molecular complexity index is 861. The van der Waals surface area contributed by atoms with Crippen molar-refractivity contribution in [1.29, 1.82) is 0 Å². The molecular formula is C19H18N2O5.